The van der Waals surface area contributed by atoms with Gasteiger partial charge in [0.1, 0.15) is 0 Å². The van der Waals surface area contributed by atoms with Crippen LogP contribution in [0.1, 0.15) is 6.42 Å². The van der Waals surface area contributed by atoms with Gasteiger partial charge in [-0.1, -0.05) is 15.9 Å². The molecule has 0 saturated carbocycles. The second kappa shape index (κ2) is 2.35. The van der Waals surface area contributed by atoms with Crippen LogP contribution in [0.3, 0.4) is 0 Å². The van der Waals surface area contributed by atoms with Crippen molar-refractivity contribution >= 4 is 22.0 Å². The summed E-state index contributed by atoms with van der Waals surface area (Å²) in [6.45, 7) is 0.766. The zero-order valence-electron chi connectivity index (χ0n) is 4.28. The first-order valence-corrected chi connectivity index (χ1v) is 3.39. The highest BCUT2D eigenvalue weighted by molar-refractivity contribution is 9.09. The molecule has 1 aliphatic rings. The average molecular weight is 179 g/mol. The van der Waals surface area contributed by atoms with Gasteiger partial charge in [0.25, 0.3) is 0 Å². The lowest BCUT2D eigenvalue weighted by Gasteiger charge is -2.18. The topological polar surface area (TPSA) is 41.1 Å². The Morgan fingerprint density at radius 3 is 2.88 bits per heavy atom. The minimum atomic E-state index is -0.0851. The van der Waals surface area contributed by atoms with Crippen LogP contribution in [-0.2, 0) is 0 Å². The number of rotatable bonds is 0. The molecule has 1 atom stereocenters. The van der Waals surface area contributed by atoms with Crippen LogP contribution in [0.5, 0.6) is 0 Å². The lowest BCUT2D eigenvalue weighted by Crippen LogP contribution is -2.46. The van der Waals surface area contributed by atoms with E-state index in [1.807, 2.05) is 0 Å². The summed E-state index contributed by atoms with van der Waals surface area (Å²) in [6, 6.07) is -0.0851. The number of halogens is 1. The molecular formula is C4H7BrN2O. The van der Waals surface area contributed by atoms with Gasteiger partial charge in [-0.15, -0.1) is 0 Å². The summed E-state index contributed by atoms with van der Waals surface area (Å²) in [7, 11) is 0. The van der Waals surface area contributed by atoms with Gasteiger partial charge in [0, 0.05) is 6.54 Å². The molecule has 2 amide bonds. The fraction of sp³-hybridized carbons (Fsp3) is 0.750. The SMILES string of the molecule is O=C1NCCC(Br)N1. The quantitative estimate of drug-likeness (QED) is 0.410. The molecule has 0 aromatic rings. The van der Waals surface area contributed by atoms with Crippen molar-refractivity contribution in [3.8, 4) is 0 Å². The highest BCUT2D eigenvalue weighted by atomic mass is 79.9. The van der Waals surface area contributed by atoms with Crippen LogP contribution in [0.4, 0.5) is 4.79 Å². The van der Waals surface area contributed by atoms with Gasteiger partial charge in [0.15, 0.2) is 0 Å². The summed E-state index contributed by atoms with van der Waals surface area (Å²) in [6.07, 6.45) is 0.950. The van der Waals surface area contributed by atoms with Gasteiger partial charge in [-0.2, -0.15) is 0 Å². The Bertz CT molecular complexity index is 106. The van der Waals surface area contributed by atoms with E-state index in [4.69, 9.17) is 0 Å². The maximum Gasteiger partial charge on any atom is 0.315 e. The largest absolute Gasteiger partial charge is 0.338 e. The zero-order valence-corrected chi connectivity index (χ0v) is 5.86. The van der Waals surface area contributed by atoms with E-state index < -0.39 is 0 Å². The average Bonchev–Trinajstić information content (AvgIpc) is 1.64. The fourth-order valence-corrected chi connectivity index (χ4v) is 1.01. The molecule has 1 fully saturated rings. The minimum absolute atomic E-state index is 0.0851. The third-order valence-corrected chi connectivity index (χ3v) is 1.66. The van der Waals surface area contributed by atoms with Crippen LogP contribution in [-0.4, -0.2) is 17.5 Å². The highest BCUT2D eigenvalue weighted by Gasteiger charge is 2.12. The number of hydrogen-bond donors (Lipinski definition) is 2. The molecule has 2 N–H and O–H groups in total. The van der Waals surface area contributed by atoms with Gasteiger partial charge in [0.2, 0.25) is 0 Å². The minimum Gasteiger partial charge on any atom is -0.338 e. The Hall–Kier alpha value is -0.250. The van der Waals surface area contributed by atoms with Crippen molar-refractivity contribution in [1.82, 2.24) is 10.6 Å². The van der Waals surface area contributed by atoms with Crippen molar-refractivity contribution in [3.63, 3.8) is 0 Å². The molecule has 1 rings (SSSR count). The van der Waals surface area contributed by atoms with Crippen molar-refractivity contribution in [2.24, 2.45) is 0 Å². The number of alkyl halides is 1. The van der Waals surface area contributed by atoms with Crippen LogP contribution in [0.15, 0.2) is 0 Å². The van der Waals surface area contributed by atoms with Crippen molar-refractivity contribution in [2.75, 3.05) is 6.54 Å². The zero-order chi connectivity index (χ0) is 5.98. The Labute approximate surface area is 56.0 Å². The van der Waals surface area contributed by atoms with Gasteiger partial charge < -0.3 is 10.6 Å². The number of carbonyl (C=O) groups excluding carboxylic acids is 1. The number of hydrogen-bond acceptors (Lipinski definition) is 1. The highest BCUT2D eigenvalue weighted by Crippen LogP contribution is 2.02. The summed E-state index contributed by atoms with van der Waals surface area (Å²) in [5.41, 5.74) is 0. The fourth-order valence-electron chi connectivity index (χ4n) is 0.578. The first-order chi connectivity index (χ1) is 3.79. The van der Waals surface area contributed by atoms with E-state index in [0.29, 0.717) is 0 Å². The first kappa shape index (κ1) is 5.88. The molecule has 0 spiro atoms. The second-order valence-electron chi connectivity index (χ2n) is 1.66. The Morgan fingerprint density at radius 2 is 2.50 bits per heavy atom. The van der Waals surface area contributed by atoms with Crippen LogP contribution >= 0.6 is 15.9 Å². The molecule has 0 aliphatic carbocycles. The van der Waals surface area contributed by atoms with Crippen LogP contribution in [0.25, 0.3) is 0 Å². The van der Waals surface area contributed by atoms with Gasteiger partial charge in [-0.3, -0.25) is 0 Å². The predicted octanol–water partition coefficient (Wildman–Crippen LogP) is 0.410. The molecule has 1 saturated heterocycles. The van der Waals surface area contributed by atoms with Gasteiger partial charge in [-0.25, -0.2) is 4.79 Å². The third-order valence-electron chi connectivity index (χ3n) is 0.971. The van der Waals surface area contributed by atoms with E-state index in [2.05, 4.69) is 26.6 Å². The molecule has 1 unspecified atom stereocenters. The Kier molecular flexibility index (Phi) is 1.73. The predicted molar refractivity (Wildman–Crippen MR) is 33.9 cm³/mol. The van der Waals surface area contributed by atoms with Gasteiger partial charge >= 0.3 is 6.03 Å². The van der Waals surface area contributed by atoms with Gasteiger partial charge in [-0.05, 0) is 6.42 Å². The van der Waals surface area contributed by atoms with Crippen molar-refractivity contribution in [2.45, 2.75) is 11.4 Å². The maximum absolute atomic E-state index is 10.4. The number of carbonyl (C=O) groups is 1. The molecule has 8 heavy (non-hydrogen) atoms. The summed E-state index contributed by atoms with van der Waals surface area (Å²) in [5, 5.41) is 5.28. The summed E-state index contributed by atoms with van der Waals surface area (Å²) in [4.78, 5) is 10.6. The third kappa shape index (κ3) is 1.36. The van der Waals surface area contributed by atoms with E-state index >= 15 is 0 Å². The van der Waals surface area contributed by atoms with E-state index in [0.717, 1.165) is 13.0 Å². The number of amides is 2. The second-order valence-corrected chi connectivity index (χ2v) is 2.76. The molecule has 0 aromatic heterocycles. The van der Waals surface area contributed by atoms with Crippen molar-refractivity contribution < 1.29 is 4.79 Å². The number of urea groups is 1. The summed E-state index contributed by atoms with van der Waals surface area (Å²) >= 11 is 3.26. The normalized spacial score (nSPS) is 28.6. The maximum atomic E-state index is 10.4. The smallest absolute Gasteiger partial charge is 0.315 e. The molecule has 3 nitrogen and oxygen atoms in total. The van der Waals surface area contributed by atoms with Gasteiger partial charge in [0.05, 0.1) is 4.95 Å². The molecule has 46 valence electrons. The molecular weight excluding hydrogens is 172 g/mol. The van der Waals surface area contributed by atoms with E-state index in [-0.39, 0.29) is 11.0 Å². The molecule has 0 aromatic carbocycles. The Morgan fingerprint density at radius 1 is 1.75 bits per heavy atom. The van der Waals surface area contributed by atoms with E-state index in [9.17, 15) is 4.79 Å². The number of nitrogens with one attached hydrogen (secondary N) is 2. The summed E-state index contributed by atoms with van der Waals surface area (Å²) in [5.74, 6) is 0. The lowest BCUT2D eigenvalue weighted by atomic mass is 10.4. The molecule has 0 bridgehead atoms. The van der Waals surface area contributed by atoms with E-state index in [1.165, 1.54) is 0 Å². The molecule has 4 heteroatoms. The lowest BCUT2D eigenvalue weighted by molar-refractivity contribution is 0.235. The molecule has 0 radical (unpaired) electrons. The first-order valence-electron chi connectivity index (χ1n) is 2.47. The van der Waals surface area contributed by atoms with Crippen molar-refractivity contribution in [3.05, 3.63) is 0 Å². The van der Waals surface area contributed by atoms with Crippen LogP contribution < -0.4 is 10.6 Å². The van der Waals surface area contributed by atoms with Crippen molar-refractivity contribution in [1.29, 1.82) is 0 Å². The van der Waals surface area contributed by atoms with E-state index in [1.54, 1.807) is 0 Å². The standard InChI is InChI=1S/C4H7BrN2O/c5-3-1-2-6-4(8)7-3/h3H,1-2H2,(H2,6,7,8). The Balaban J connectivity index is 2.34. The summed E-state index contributed by atoms with van der Waals surface area (Å²) < 4.78 is 0. The monoisotopic (exact) mass is 178 g/mol. The molecule has 1 heterocycles. The van der Waals surface area contributed by atoms with Crippen LogP contribution in [0.2, 0.25) is 0 Å². The van der Waals surface area contributed by atoms with Crippen LogP contribution in [0, 0.1) is 0 Å². The molecule has 1 aliphatic heterocycles.